The number of sulfonamides is 1. The fraction of sp³-hybridized carbons (Fsp3) is 0.476. The summed E-state index contributed by atoms with van der Waals surface area (Å²) in [4.78, 5) is 149. The summed E-state index contributed by atoms with van der Waals surface area (Å²) in [5, 5.41) is 45.3. The number of likely N-dealkylation sites (N-methyl/N-ethyl adjacent to an activating group) is 2. The Labute approximate surface area is 669 Å². The van der Waals surface area contributed by atoms with Gasteiger partial charge in [-0.15, -0.1) is 5.10 Å². The van der Waals surface area contributed by atoms with Crippen molar-refractivity contribution in [1.29, 1.82) is 0 Å². The van der Waals surface area contributed by atoms with Crippen LogP contribution in [0.15, 0.2) is 140 Å². The second kappa shape index (κ2) is 37.2. The molecule has 7 heterocycles. The van der Waals surface area contributed by atoms with Crippen LogP contribution in [-0.4, -0.2) is 210 Å². The molecule has 10 N–H and O–H groups in total. The SMILES string of the molecule is CN[C@@H](C)C(=O)N[C@H](C(=O)N1C[C@@H]2C[C@H]1C(=O)N[C@@H](Cc1ccc3ccccc3c1)C(=O)N[C@H](C(=O)O)Cc1ccc(cc1)OCCCCO[C@H]1C[C@@H](C(=O)N[C@@H](Cc3ccc4ccccc4c3)C(=O)N[C@H](C(=O)NS(=O)(=O)C3CC3)Cc3ccc(cc3)OCc3cn2nn3)N(C(=O)[C@@H](NC(=O)[C@H](C)NC)C(C)(C)C)C1)C(C)(C)C. The van der Waals surface area contributed by atoms with Crippen molar-refractivity contribution >= 4 is 90.7 Å². The first-order valence-electron chi connectivity index (χ1n) is 39.2. The van der Waals surface area contributed by atoms with Crippen molar-refractivity contribution in [3.8, 4) is 11.5 Å². The number of aromatic nitrogens is 3. The van der Waals surface area contributed by atoms with E-state index < -0.39 is 158 Å². The highest BCUT2D eigenvalue weighted by atomic mass is 32.2. The summed E-state index contributed by atoms with van der Waals surface area (Å²) in [6.07, 6.45) is 1.77. The van der Waals surface area contributed by atoms with Crippen molar-refractivity contribution in [1.82, 2.24) is 72.1 Å². The fourth-order valence-electron chi connectivity index (χ4n) is 14.4. The van der Waals surface area contributed by atoms with E-state index in [1.807, 2.05) is 84.9 Å². The predicted molar refractivity (Wildman–Crippen MR) is 429 cm³/mol. The molecule has 614 valence electrons. The van der Waals surface area contributed by atoms with E-state index in [1.54, 1.807) is 124 Å². The van der Waals surface area contributed by atoms with E-state index in [1.165, 1.54) is 14.5 Å². The quantitative estimate of drug-likeness (QED) is 0.0629. The Morgan fingerprint density at radius 2 is 1.04 bits per heavy atom. The number of carbonyl (C=O) groups excluding carboxylic acids is 9. The van der Waals surface area contributed by atoms with Gasteiger partial charge in [-0.1, -0.05) is 156 Å². The molecule has 10 bridgehead atoms. The fourth-order valence-corrected chi connectivity index (χ4v) is 15.7. The summed E-state index contributed by atoms with van der Waals surface area (Å²) >= 11 is 0. The van der Waals surface area contributed by atoms with Crippen LogP contribution in [0.1, 0.15) is 128 Å². The number of ether oxygens (including phenoxy) is 3. The van der Waals surface area contributed by atoms with Gasteiger partial charge in [0.15, 0.2) is 0 Å². The molecule has 6 aliphatic heterocycles. The van der Waals surface area contributed by atoms with E-state index in [-0.39, 0.29) is 71.4 Å². The molecule has 30 nitrogen and oxygen atoms in total. The Morgan fingerprint density at radius 3 is 1.54 bits per heavy atom. The second-order valence-electron chi connectivity index (χ2n) is 32.6. The number of rotatable bonds is 16. The number of carbonyl (C=O) groups is 10. The number of hydrogen-bond acceptors (Lipinski definition) is 19. The van der Waals surface area contributed by atoms with Crippen molar-refractivity contribution in [3.05, 3.63) is 168 Å². The minimum atomic E-state index is -4.17. The molecule has 14 rings (SSSR count). The van der Waals surface area contributed by atoms with Gasteiger partial charge in [-0.05, 0) is 133 Å². The molecule has 0 unspecified atom stereocenters. The van der Waals surface area contributed by atoms with Crippen molar-refractivity contribution in [2.24, 2.45) is 10.8 Å². The van der Waals surface area contributed by atoms with Crippen LogP contribution >= 0.6 is 0 Å². The van der Waals surface area contributed by atoms with Gasteiger partial charge in [-0.25, -0.2) is 17.9 Å². The molecule has 31 heteroatoms. The molecule has 7 aromatic rings. The monoisotopic (exact) mass is 1600 g/mol. The average molecular weight is 1600 g/mol. The van der Waals surface area contributed by atoms with Gasteiger partial charge >= 0.3 is 5.97 Å². The number of hydrogen-bond donors (Lipinski definition) is 10. The van der Waals surface area contributed by atoms with Gasteiger partial charge in [0.25, 0.3) is 5.91 Å². The smallest absolute Gasteiger partial charge is 0.326 e. The zero-order valence-electron chi connectivity index (χ0n) is 66.6. The highest BCUT2D eigenvalue weighted by Crippen LogP contribution is 2.34. The summed E-state index contributed by atoms with van der Waals surface area (Å²) in [6, 6.07) is 26.7. The van der Waals surface area contributed by atoms with E-state index in [9.17, 15) is 37.5 Å². The first-order valence-corrected chi connectivity index (χ1v) is 40.7. The van der Waals surface area contributed by atoms with E-state index in [0.717, 1.165) is 21.5 Å². The van der Waals surface area contributed by atoms with Gasteiger partial charge in [0.2, 0.25) is 57.3 Å². The molecule has 1 aromatic heterocycles. The van der Waals surface area contributed by atoms with Gasteiger partial charge in [0.05, 0.1) is 42.3 Å². The largest absolute Gasteiger partial charge is 0.494 e. The Morgan fingerprint density at radius 1 is 0.574 bits per heavy atom. The highest BCUT2D eigenvalue weighted by molar-refractivity contribution is 7.91. The van der Waals surface area contributed by atoms with Crippen LogP contribution in [-0.2, 0) is 95.0 Å². The molecule has 0 radical (unpaired) electrons. The van der Waals surface area contributed by atoms with Gasteiger partial charge in [-0.2, -0.15) is 0 Å². The number of fused-ring (bicyclic) bond motifs is 2. The van der Waals surface area contributed by atoms with E-state index in [2.05, 4.69) is 57.6 Å². The maximum absolute atomic E-state index is 15.3. The number of benzene rings is 6. The summed E-state index contributed by atoms with van der Waals surface area (Å²) < 4.78 is 49.6. The summed E-state index contributed by atoms with van der Waals surface area (Å²) in [5.41, 5.74) is 0.789. The lowest BCUT2D eigenvalue weighted by Crippen LogP contribution is -2.61. The van der Waals surface area contributed by atoms with Crippen molar-refractivity contribution in [2.45, 2.75) is 204 Å². The Balaban J connectivity index is 0.914. The van der Waals surface area contributed by atoms with Crippen LogP contribution in [0, 0.1) is 10.8 Å². The lowest BCUT2D eigenvalue weighted by molar-refractivity contribution is -0.145. The standard InChI is InChI=1S/C84H106N14O16S/c1-49(85-9)73(99)91-71(83(3,4)5)80(106)96-46-60-43-69(96)78(104)88-66(42-54-22-28-56-18-12-14-20-58(56)38-54)76(102)90-68(82(108)109)40-52-23-29-61(30-24-52)112-35-15-16-36-113-63-44-70(97(47-63)81(107)72(84(6,7)8)92-74(100)50(2)86-10)79(105)89-65(41-53-21-27-55-17-11-13-19-57(55)37-53)75(101)87-67(77(103)94-115(110,111)64-33-34-64)39-51-25-31-62(32-26-51)114-48-59-45-98(60)95-93-59/h11-14,17-32,37-38,45,49-50,60,63-72,85-86H,15-16,33-36,39-44,46-48H2,1-10H3,(H,87,101)(H,88,104)(H,89,105)(H,90,102)(H,91,99)(H,92,100)(H,94,103)(H,108,109)/t49-,50-,60-,63-,65-,66-,67-,68-,69-,70-,71+,72+/m0/s1. The number of carboxylic acid groups (broad SMARTS) is 1. The molecule has 0 spiro atoms. The first-order chi connectivity index (χ1) is 54.7. The third-order valence-electron chi connectivity index (χ3n) is 21.6. The summed E-state index contributed by atoms with van der Waals surface area (Å²) in [6.45, 7) is 14.0. The lowest BCUT2D eigenvalue weighted by Gasteiger charge is -2.36. The molecule has 3 fully saturated rings. The minimum Gasteiger partial charge on any atom is -0.494 e. The summed E-state index contributed by atoms with van der Waals surface area (Å²) in [7, 11) is -0.953. The van der Waals surface area contributed by atoms with Gasteiger partial charge in [0.1, 0.15) is 72.1 Å². The molecule has 7 aliphatic rings. The van der Waals surface area contributed by atoms with Crippen molar-refractivity contribution in [3.63, 3.8) is 0 Å². The third kappa shape index (κ3) is 22.2. The Kier molecular flexibility index (Phi) is 27.5. The number of aliphatic carboxylic acids is 1. The van der Waals surface area contributed by atoms with Crippen LogP contribution in [0.4, 0.5) is 0 Å². The maximum Gasteiger partial charge on any atom is 0.326 e. The van der Waals surface area contributed by atoms with Crippen LogP contribution in [0.25, 0.3) is 21.5 Å². The van der Waals surface area contributed by atoms with Crippen LogP contribution in [0.3, 0.4) is 0 Å². The Bertz CT molecular complexity index is 4810. The van der Waals surface area contributed by atoms with Crippen LogP contribution in [0.2, 0.25) is 0 Å². The molecule has 1 aliphatic carbocycles. The van der Waals surface area contributed by atoms with E-state index >= 15 is 24.0 Å². The van der Waals surface area contributed by atoms with Crippen LogP contribution in [0.5, 0.6) is 11.5 Å². The van der Waals surface area contributed by atoms with Gasteiger partial charge in [0, 0.05) is 58.2 Å². The lowest BCUT2D eigenvalue weighted by atomic mass is 9.85. The number of nitrogens with one attached hydrogen (secondary N) is 9. The molecular weight excluding hydrogens is 1490 g/mol. The number of carboxylic acids is 1. The first kappa shape index (κ1) is 85.0. The second-order valence-corrected chi connectivity index (χ2v) is 34.5. The molecule has 12 atom stereocenters. The minimum absolute atomic E-state index is 0.0240. The zero-order chi connectivity index (χ0) is 82.6. The molecule has 115 heavy (non-hydrogen) atoms. The molecule has 1 saturated carbocycles. The maximum atomic E-state index is 15.3. The van der Waals surface area contributed by atoms with Crippen molar-refractivity contribution < 1.29 is 75.7 Å². The number of nitrogens with zero attached hydrogens (tertiary/aromatic N) is 5. The molecule has 6 aromatic carbocycles. The number of likely N-dealkylation sites (tertiary alicyclic amines) is 2. The van der Waals surface area contributed by atoms with Gasteiger partial charge in [-0.3, -0.25) is 47.9 Å². The topological polar surface area (TPSA) is 398 Å². The zero-order valence-corrected chi connectivity index (χ0v) is 67.4. The predicted octanol–water partition coefficient (Wildman–Crippen LogP) is 4.64. The third-order valence-corrected chi connectivity index (χ3v) is 23.4. The summed E-state index contributed by atoms with van der Waals surface area (Å²) in [5.74, 6) is -6.81. The molecule has 2 saturated heterocycles. The van der Waals surface area contributed by atoms with Gasteiger partial charge < -0.3 is 71.7 Å². The molecular formula is C84H106N14O16S. The van der Waals surface area contributed by atoms with E-state index in [0.29, 0.717) is 65.1 Å². The van der Waals surface area contributed by atoms with Crippen molar-refractivity contribution in [2.75, 3.05) is 40.4 Å². The average Bonchev–Trinajstić information content (AvgIpc) is 1.67. The van der Waals surface area contributed by atoms with E-state index in [4.69, 9.17) is 14.2 Å². The Hall–Kier alpha value is -10.9. The highest BCUT2D eigenvalue weighted by Gasteiger charge is 2.49. The number of amides is 9. The molecule has 9 amide bonds. The van der Waals surface area contributed by atoms with Crippen LogP contribution < -0.4 is 56.7 Å². The normalized spacial score (nSPS) is 22.4.